The third-order valence-electron chi connectivity index (χ3n) is 10.6. The van der Waals surface area contributed by atoms with E-state index in [-0.39, 0.29) is 70.0 Å². The molecule has 5 aromatic carbocycles. The van der Waals surface area contributed by atoms with Gasteiger partial charge in [-0.05, 0) is 132 Å². The Morgan fingerprint density at radius 2 is 1.37 bits per heavy atom. The summed E-state index contributed by atoms with van der Waals surface area (Å²) in [5.74, 6) is -0.893. The van der Waals surface area contributed by atoms with Gasteiger partial charge in [-0.2, -0.15) is 0 Å². The molecule has 0 amide bonds. The van der Waals surface area contributed by atoms with E-state index in [4.69, 9.17) is 25.0 Å². The molecule has 57 heavy (non-hydrogen) atoms. The number of fused-ring (bicyclic) bond motifs is 3. The fourth-order valence-electron chi connectivity index (χ4n) is 7.34. The number of nitrogens with zero attached hydrogens (tertiary/aromatic N) is 2. The second-order valence-corrected chi connectivity index (χ2v) is 15.0. The molecular formula is C53H50IrN2O-2. The van der Waals surface area contributed by atoms with Crippen molar-refractivity contribution in [3.8, 4) is 44.8 Å². The molecule has 0 unspecified atom stereocenters. The van der Waals surface area contributed by atoms with Crippen LogP contribution in [-0.4, -0.2) is 9.97 Å². The number of hydrogen-bond donors (Lipinski definition) is 0. The number of aromatic nitrogens is 2. The van der Waals surface area contributed by atoms with Crippen LogP contribution in [0.4, 0.5) is 0 Å². The molecule has 0 spiro atoms. The van der Waals surface area contributed by atoms with Crippen LogP contribution >= 0.6 is 0 Å². The van der Waals surface area contributed by atoms with Crippen molar-refractivity contribution in [2.24, 2.45) is 5.41 Å². The van der Waals surface area contributed by atoms with Gasteiger partial charge in [-0.3, -0.25) is 0 Å². The second-order valence-electron chi connectivity index (χ2n) is 15.0. The summed E-state index contributed by atoms with van der Waals surface area (Å²) in [5.41, 5.74) is 5.06. The van der Waals surface area contributed by atoms with E-state index in [2.05, 4.69) is 35.9 Å². The van der Waals surface area contributed by atoms with Gasteiger partial charge in [0.2, 0.25) is 0 Å². The SMILES string of the molecule is [2H]C([2H])([2H])c1c[c-]c(-c2cc(-c3ccccc3C([2H])([2H])[2H])c(C([2H])([2H])[2H])cn2)cc1.[2H]C([2H])([2H])c1cnc(-c2[c-]ccc3c2oc2ccccc23)cc1-c1ccc(C2([2H])CCC(C)(C)CC2)cc1C([2H])([2H])[2H].[Ir]. The van der Waals surface area contributed by atoms with Gasteiger partial charge >= 0.3 is 0 Å². The smallest absolute Gasteiger partial charge is 0.120 e. The Labute approximate surface area is 374 Å². The average Bonchev–Trinajstić information content (AvgIpc) is 3.70. The maximum atomic E-state index is 9.23. The minimum atomic E-state index is -2.54. The molecule has 0 N–H and O–H groups in total. The van der Waals surface area contributed by atoms with Crippen LogP contribution in [0.2, 0.25) is 0 Å². The zero-order valence-corrected chi connectivity index (χ0v) is 33.9. The van der Waals surface area contributed by atoms with Crippen LogP contribution in [0.1, 0.15) is 101 Å². The largest absolute Gasteiger partial charge is 0.501 e. The summed E-state index contributed by atoms with van der Waals surface area (Å²) < 4.78 is 135. The van der Waals surface area contributed by atoms with Crippen molar-refractivity contribution in [2.45, 2.75) is 79.7 Å². The summed E-state index contributed by atoms with van der Waals surface area (Å²) in [4.78, 5) is 8.72. The third-order valence-corrected chi connectivity index (χ3v) is 10.6. The van der Waals surface area contributed by atoms with Crippen LogP contribution in [0.3, 0.4) is 0 Å². The molecule has 4 heteroatoms. The molecule has 0 aliphatic heterocycles. The van der Waals surface area contributed by atoms with Gasteiger partial charge in [-0.15, -0.1) is 53.6 Å². The molecule has 0 bridgehead atoms. The fourth-order valence-corrected chi connectivity index (χ4v) is 7.34. The van der Waals surface area contributed by atoms with E-state index in [1.165, 1.54) is 36.7 Å². The van der Waals surface area contributed by atoms with E-state index >= 15 is 0 Å². The molecule has 9 rings (SSSR count). The number of pyridine rings is 2. The quantitative estimate of drug-likeness (QED) is 0.161. The zero-order valence-electron chi connectivity index (χ0n) is 47.5. The van der Waals surface area contributed by atoms with Crippen LogP contribution in [0.15, 0.2) is 126 Å². The van der Waals surface area contributed by atoms with Crippen molar-refractivity contribution in [1.29, 1.82) is 0 Å². The van der Waals surface area contributed by atoms with Gasteiger partial charge in [0.15, 0.2) is 0 Å². The third kappa shape index (κ3) is 8.45. The fraction of sp³-hybridized carbons (Fsp3) is 0.245. The van der Waals surface area contributed by atoms with Crippen LogP contribution in [0.5, 0.6) is 0 Å². The number of hydrogen-bond acceptors (Lipinski definition) is 3. The molecule has 8 aromatic rings. The minimum absolute atomic E-state index is 0. The minimum Gasteiger partial charge on any atom is -0.501 e. The van der Waals surface area contributed by atoms with E-state index in [9.17, 15) is 1.37 Å². The van der Waals surface area contributed by atoms with Crippen molar-refractivity contribution in [3.63, 3.8) is 0 Å². The van der Waals surface area contributed by atoms with E-state index in [0.717, 1.165) is 23.6 Å². The molecule has 3 aromatic heterocycles. The molecule has 289 valence electrons. The van der Waals surface area contributed by atoms with Crippen LogP contribution in [-0.2, 0) is 20.1 Å². The van der Waals surface area contributed by atoms with Gasteiger partial charge in [0, 0.05) is 59.8 Å². The van der Waals surface area contributed by atoms with Gasteiger partial charge in [-0.25, -0.2) is 0 Å². The maximum Gasteiger partial charge on any atom is 0.120 e. The Morgan fingerprint density at radius 1 is 0.667 bits per heavy atom. The summed E-state index contributed by atoms with van der Waals surface area (Å²) >= 11 is 0. The van der Waals surface area contributed by atoms with Gasteiger partial charge < -0.3 is 14.4 Å². The van der Waals surface area contributed by atoms with E-state index in [0.29, 0.717) is 57.6 Å². The molecule has 1 aliphatic carbocycles. The average molecular weight is 939 g/mol. The second kappa shape index (κ2) is 16.8. The van der Waals surface area contributed by atoms with Gasteiger partial charge in [0.1, 0.15) is 5.58 Å². The molecule has 1 fully saturated rings. The first-order valence-electron chi connectivity index (χ1n) is 26.6. The van der Waals surface area contributed by atoms with Crippen molar-refractivity contribution < 1.29 is 46.5 Å². The topological polar surface area (TPSA) is 38.9 Å². The summed E-state index contributed by atoms with van der Waals surface area (Å²) in [6.45, 7) is -7.87. The Balaban J connectivity index is 0.000000223. The Morgan fingerprint density at radius 3 is 2.11 bits per heavy atom. The van der Waals surface area contributed by atoms with Crippen molar-refractivity contribution in [2.75, 3.05) is 0 Å². The molecule has 1 saturated carbocycles. The van der Waals surface area contributed by atoms with Crippen molar-refractivity contribution in [3.05, 3.63) is 167 Å². The Kier molecular flexibility index (Phi) is 7.22. The van der Waals surface area contributed by atoms with Gasteiger partial charge in [0.25, 0.3) is 0 Å². The van der Waals surface area contributed by atoms with Gasteiger partial charge in [0.05, 0.1) is 5.58 Å². The predicted octanol–water partition coefficient (Wildman–Crippen LogP) is 14.6. The predicted molar refractivity (Wildman–Crippen MR) is 234 cm³/mol. The summed E-state index contributed by atoms with van der Waals surface area (Å²) in [7, 11) is 0. The summed E-state index contributed by atoms with van der Waals surface area (Å²) in [6.07, 6.45) is 5.54. The number of benzene rings is 5. The van der Waals surface area contributed by atoms with Gasteiger partial charge in [-0.1, -0.05) is 104 Å². The Bertz CT molecular complexity index is 3280. The number of aryl methyl sites for hydroxylation is 5. The standard InChI is InChI=1S/C33H32NO.C20H18N.Ir/c1-21-18-24(23-14-16-33(3,4)17-15-23)12-13-25(21)29-19-30(34-20-22(29)2)28-10-7-9-27-26-8-5-6-11-31(26)35-32(27)28;1-14-8-10-17(11-9-14)20-12-19(16(3)13-21-20)18-7-5-4-6-15(18)2;/h5-9,11-13,18-20,23H,14-17H2,1-4H3;4-10,12-13H,1-3H3;/q2*-1;/i1D3,2D3,23D;1D3,2D3,3D3;. The van der Waals surface area contributed by atoms with Crippen LogP contribution in [0, 0.1) is 51.8 Å². The molecule has 1 radical (unpaired) electrons. The molecule has 1 aliphatic rings. The summed E-state index contributed by atoms with van der Waals surface area (Å²) in [6, 6.07) is 36.2. The molecule has 0 saturated heterocycles. The Hall–Kier alpha value is -5.15. The first kappa shape index (κ1) is 24.6. The number of para-hydroxylation sites is 1. The number of rotatable bonds is 5. The first-order chi connectivity index (χ1) is 33.4. The van der Waals surface area contributed by atoms with E-state index in [1.54, 1.807) is 54.6 Å². The van der Waals surface area contributed by atoms with Crippen molar-refractivity contribution in [1.82, 2.24) is 9.97 Å². The van der Waals surface area contributed by atoms with Crippen molar-refractivity contribution >= 4 is 21.9 Å². The normalized spacial score (nSPS) is 19.7. The number of furan rings is 1. The molecule has 0 atom stereocenters. The van der Waals surface area contributed by atoms with Crippen LogP contribution in [0.25, 0.3) is 66.7 Å². The molecule has 3 heterocycles. The molecule has 3 nitrogen and oxygen atoms in total. The first-order valence-corrected chi connectivity index (χ1v) is 18.6. The summed E-state index contributed by atoms with van der Waals surface area (Å²) in [5, 5.41) is 1.82. The zero-order chi connectivity index (χ0) is 52.4. The van der Waals surface area contributed by atoms with Crippen LogP contribution < -0.4 is 0 Å². The maximum absolute atomic E-state index is 9.23. The molecular weight excluding hydrogens is 873 g/mol. The van der Waals surface area contributed by atoms with E-state index in [1.807, 2.05) is 30.3 Å². The van der Waals surface area contributed by atoms with E-state index < -0.39 is 40.2 Å². The monoisotopic (exact) mass is 939 g/mol.